The number of amides is 2. The molecule has 1 heterocycles. The van der Waals surface area contributed by atoms with Gasteiger partial charge < -0.3 is 24.5 Å². The molecular formula is C23H21F3N2O5. The number of furan rings is 1. The molecule has 174 valence electrons. The smallest absolute Gasteiger partial charge is 0.418 e. The van der Waals surface area contributed by atoms with Crippen LogP contribution in [-0.2, 0) is 17.4 Å². The molecule has 2 amide bonds. The number of benzene rings is 2. The third-order valence-electron chi connectivity index (χ3n) is 4.71. The molecule has 0 radical (unpaired) electrons. The van der Waals surface area contributed by atoms with Gasteiger partial charge in [-0.25, -0.2) is 0 Å². The minimum atomic E-state index is -4.76. The van der Waals surface area contributed by atoms with E-state index in [2.05, 4.69) is 10.6 Å². The standard InChI is InChI=1S/C23H21F3N2O5/c1-31-16-7-9-19(32-2)14(12-16)5-10-21(29)28-18-8-6-15(13-17(18)23(24,25)26)27-22(30)20-4-3-11-33-20/h3-4,6-9,11-13H,5,10H2,1-2H3,(H,27,30)(H,28,29). The first-order valence-corrected chi connectivity index (χ1v) is 9.78. The highest BCUT2D eigenvalue weighted by atomic mass is 19.4. The molecule has 7 nitrogen and oxygen atoms in total. The van der Waals surface area contributed by atoms with Crippen LogP contribution in [0, 0.1) is 0 Å². The van der Waals surface area contributed by atoms with Crippen LogP contribution in [-0.4, -0.2) is 26.0 Å². The number of alkyl halides is 3. The van der Waals surface area contributed by atoms with Gasteiger partial charge in [-0.05, 0) is 60.5 Å². The largest absolute Gasteiger partial charge is 0.497 e. The van der Waals surface area contributed by atoms with E-state index in [1.54, 1.807) is 18.2 Å². The predicted octanol–water partition coefficient (Wildman–Crippen LogP) is 5.14. The number of halogens is 3. The zero-order chi connectivity index (χ0) is 24.0. The van der Waals surface area contributed by atoms with Crippen LogP contribution in [0.3, 0.4) is 0 Å². The van der Waals surface area contributed by atoms with Crippen molar-refractivity contribution in [1.82, 2.24) is 0 Å². The Labute approximate surface area is 187 Å². The van der Waals surface area contributed by atoms with Crippen LogP contribution in [0.25, 0.3) is 0 Å². The fourth-order valence-corrected chi connectivity index (χ4v) is 3.10. The summed E-state index contributed by atoms with van der Waals surface area (Å²) in [5.74, 6) is -0.252. The van der Waals surface area contributed by atoms with E-state index in [-0.39, 0.29) is 24.3 Å². The monoisotopic (exact) mass is 462 g/mol. The molecule has 33 heavy (non-hydrogen) atoms. The minimum absolute atomic E-state index is 0.0473. The summed E-state index contributed by atoms with van der Waals surface area (Å²) in [5.41, 5.74) is -0.921. The van der Waals surface area contributed by atoms with Crippen molar-refractivity contribution in [2.45, 2.75) is 19.0 Å². The summed E-state index contributed by atoms with van der Waals surface area (Å²) in [7, 11) is 2.98. The Morgan fingerprint density at radius 2 is 1.79 bits per heavy atom. The molecule has 0 fully saturated rings. The van der Waals surface area contributed by atoms with E-state index in [1.165, 1.54) is 38.7 Å². The average molecular weight is 462 g/mol. The van der Waals surface area contributed by atoms with Crippen LogP contribution in [0.5, 0.6) is 11.5 Å². The summed E-state index contributed by atoms with van der Waals surface area (Å²) in [6, 6.07) is 11.0. The summed E-state index contributed by atoms with van der Waals surface area (Å²) in [4.78, 5) is 24.4. The zero-order valence-electron chi connectivity index (χ0n) is 17.8. The highest BCUT2D eigenvalue weighted by Crippen LogP contribution is 2.37. The Morgan fingerprint density at radius 1 is 1.00 bits per heavy atom. The third kappa shape index (κ3) is 6.06. The Morgan fingerprint density at radius 3 is 2.42 bits per heavy atom. The van der Waals surface area contributed by atoms with Crippen molar-refractivity contribution >= 4 is 23.2 Å². The molecule has 3 aromatic rings. The van der Waals surface area contributed by atoms with Gasteiger partial charge >= 0.3 is 6.18 Å². The SMILES string of the molecule is COc1ccc(OC)c(CCC(=O)Nc2ccc(NC(=O)c3ccco3)cc2C(F)(F)F)c1. The summed E-state index contributed by atoms with van der Waals surface area (Å²) >= 11 is 0. The number of ether oxygens (including phenoxy) is 2. The number of carbonyl (C=O) groups excluding carboxylic acids is 2. The van der Waals surface area contributed by atoms with Crippen molar-refractivity contribution < 1.29 is 36.7 Å². The van der Waals surface area contributed by atoms with E-state index in [9.17, 15) is 22.8 Å². The lowest BCUT2D eigenvalue weighted by molar-refractivity contribution is -0.136. The second-order valence-electron chi connectivity index (χ2n) is 6.92. The highest BCUT2D eigenvalue weighted by molar-refractivity contribution is 6.02. The second-order valence-corrected chi connectivity index (χ2v) is 6.92. The molecule has 0 aliphatic carbocycles. The third-order valence-corrected chi connectivity index (χ3v) is 4.71. The highest BCUT2D eigenvalue weighted by Gasteiger charge is 2.34. The quantitative estimate of drug-likeness (QED) is 0.484. The Bertz CT molecular complexity index is 1130. The molecule has 0 atom stereocenters. The van der Waals surface area contributed by atoms with Crippen molar-refractivity contribution in [3.63, 3.8) is 0 Å². The van der Waals surface area contributed by atoms with E-state index < -0.39 is 29.2 Å². The summed E-state index contributed by atoms with van der Waals surface area (Å²) < 4.78 is 56.2. The minimum Gasteiger partial charge on any atom is -0.497 e. The van der Waals surface area contributed by atoms with Crippen molar-refractivity contribution in [2.75, 3.05) is 24.9 Å². The number of methoxy groups -OCH3 is 2. The number of hydrogen-bond donors (Lipinski definition) is 2. The maximum Gasteiger partial charge on any atom is 0.418 e. The summed E-state index contributed by atoms with van der Waals surface area (Å²) in [6.45, 7) is 0. The van der Waals surface area contributed by atoms with Crippen LogP contribution < -0.4 is 20.1 Å². The molecule has 0 aliphatic rings. The molecule has 3 rings (SSSR count). The first-order valence-electron chi connectivity index (χ1n) is 9.78. The lowest BCUT2D eigenvalue weighted by Gasteiger charge is -2.16. The molecule has 0 saturated heterocycles. The van der Waals surface area contributed by atoms with E-state index in [0.717, 1.165) is 12.1 Å². The van der Waals surface area contributed by atoms with Gasteiger partial charge in [-0.1, -0.05) is 0 Å². The number of nitrogens with one attached hydrogen (secondary N) is 2. The number of anilines is 2. The van der Waals surface area contributed by atoms with Crippen LogP contribution in [0.15, 0.2) is 59.2 Å². The van der Waals surface area contributed by atoms with Crippen molar-refractivity contribution in [1.29, 1.82) is 0 Å². The van der Waals surface area contributed by atoms with Gasteiger partial charge in [-0.15, -0.1) is 0 Å². The maximum absolute atomic E-state index is 13.6. The second kappa shape index (κ2) is 10.1. The van der Waals surface area contributed by atoms with E-state index in [4.69, 9.17) is 13.9 Å². The fourth-order valence-electron chi connectivity index (χ4n) is 3.10. The lowest BCUT2D eigenvalue weighted by Crippen LogP contribution is -2.18. The number of carbonyl (C=O) groups is 2. The predicted molar refractivity (Wildman–Crippen MR) is 115 cm³/mol. The Balaban J connectivity index is 1.73. The molecule has 0 saturated carbocycles. The topological polar surface area (TPSA) is 89.8 Å². The van der Waals surface area contributed by atoms with E-state index >= 15 is 0 Å². The number of aryl methyl sites for hydroxylation is 1. The molecule has 0 bridgehead atoms. The molecule has 0 spiro atoms. The van der Waals surface area contributed by atoms with Gasteiger partial charge in [-0.2, -0.15) is 13.2 Å². The molecule has 1 aromatic heterocycles. The molecule has 0 aliphatic heterocycles. The summed E-state index contributed by atoms with van der Waals surface area (Å²) in [5, 5.41) is 4.64. The first kappa shape index (κ1) is 23.7. The van der Waals surface area contributed by atoms with Gasteiger partial charge in [-0.3, -0.25) is 9.59 Å². The van der Waals surface area contributed by atoms with Gasteiger partial charge in [0.05, 0.1) is 31.7 Å². The Hall–Kier alpha value is -3.95. The Kier molecular flexibility index (Phi) is 7.27. The normalized spacial score (nSPS) is 11.1. The molecule has 10 heteroatoms. The van der Waals surface area contributed by atoms with Crippen molar-refractivity contribution in [2.24, 2.45) is 0 Å². The van der Waals surface area contributed by atoms with Crippen LogP contribution >= 0.6 is 0 Å². The zero-order valence-corrected chi connectivity index (χ0v) is 17.8. The number of hydrogen-bond acceptors (Lipinski definition) is 5. The molecule has 2 aromatic carbocycles. The van der Waals surface area contributed by atoms with Gasteiger partial charge in [0.15, 0.2) is 5.76 Å². The molecule has 2 N–H and O–H groups in total. The fraction of sp³-hybridized carbons (Fsp3) is 0.217. The van der Waals surface area contributed by atoms with Crippen molar-refractivity contribution in [3.8, 4) is 11.5 Å². The van der Waals surface area contributed by atoms with Crippen LogP contribution in [0.1, 0.15) is 28.1 Å². The van der Waals surface area contributed by atoms with Crippen LogP contribution in [0.4, 0.5) is 24.5 Å². The van der Waals surface area contributed by atoms with Gasteiger partial charge in [0, 0.05) is 12.1 Å². The summed E-state index contributed by atoms with van der Waals surface area (Å²) in [6.07, 6.45) is -3.34. The van der Waals surface area contributed by atoms with Crippen molar-refractivity contribution in [3.05, 3.63) is 71.7 Å². The molecular weight excluding hydrogens is 441 g/mol. The van der Waals surface area contributed by atoms with Gasteiger partial charge in [0.25, 0.3) is 5.91 Å². The lowest BCUT2D eigenvalue weighted by atomic mass is 10.1. The molecule has 0 unspecified atom stereocenters. The van der Waals surface area contributed by atoms with Crippen LogP contribution in [0.2, 0.25) is 0 Å². The first-order chi connectivity index (χ1) is 15.7. The van der Waals surface area contributed by atoms with E-state index in [1.807, 2.05) is 0 Å². The maximum atomic E-state index is 13.6. The van der Waals surface area contributed by atoms with E-state index in [0.29, 0.717) is 17.1 Å². The van der Waals surface area contributed by atoms with Gasteiger partial charge in [0.1, 0.15) is 11.5 Å². The number of rotatable bonds is 8. The average Bonchev–Trinajstić information content (AvgIpc) is 3.33. The van der Waals surface area contributed by atoms with Gasteiger partial charge in [0.2, 0.25) is 5.91 Å².